The van der Waals surface area contributed by atoms with E-state index in [1.807, 2.05) is 55.6 Å². The van der Waals surface area contributed by atoms with E-state index < -0.39 is 0 Å². The van der Waals surface area contributed by atoms with Gasteiger partial charge < -0.3 is 9.88 Å². The first kappa shape index (κ1) is 19.0. The minimum Gasteiger partial charge on any atom is -0.352 e. The van der Waals surface area contributed by atoms with Gasteiger partial charge in [0.1, 0.15) is 11.6 Å². The van der Waals surface area contributed by atoms with Crippen LogP contribution in [0.1, 0.15) is 18.1 Å². The number of carbonyl (C=O) groups is 1. The monoisotopic (exact) mass is 397 g/mol. The molecule has 1 amide bonds. The molecule has 6 heteroatoms. The quantitative estimate of drug-likeness (QED) is 0.484. The zero-order chi connectivity index (χ0) is 19.4. The number of nitriles is 1. The molecular formula is C21H17Cl2N3O. The fourth-order valence-corrected chi connectivity index (χ4v) is 3.24. The van der Waals surface area contributed by atoms with E-state index in [4.69, 9.17) is 23.2 Å². The molecule has 0 fully saturated rings. The predicted molar refractivity (Wildman–Crippen MR) is 110 cm³/mol. The largest absolute Gasteiger partial charge is 0.352 e. The molecule has 0 aliphatic heterocycles. The average molecular weight is 398 g/mol. The predicted octanol–water partition coefficient (Wildman–Crippen LogP) is 5.04. The molecule has 0 aliphatic carbocycles. The second-order valence-electron chi connectivity index (χ2n) is 6.01. The van der Waals surface area contributed by atoms with Gasteiger partial charge in [0.25, 0.3) is 5.91 Å². The SMILES string of the molecule is CCNC(=O)/C(C#N)=C/c1cn(Cc2ccc(Cl)c(Cl)c2)c2ccccc12. The summed E-state index contributed by atoms with van der Waals surface area (Å²) in [7, 11) is 0. The molecule has 27 heavy (non-hydrogen) atoms. The van der Waals surface area contributed by atoms with E-state index in [-0.39, 0.29) is 11.5 Å². The zero-order valence-corrected chi connectivity index (χ0v) is 16.2. The van der Waals surface area contributed by atoms with Gasteiger partial charge in [-0.3, -0.25) is 4.79 Å². The third-order valence-electron chi connectivity index (χ3n) is 4.16. The Bertz CT molecular complexity index is 1080. The molecule has 1 heterocycles. The Kier molecular flexibility index (Phi) is 5.85. The van der Waals surface area contributed by atoms with Crippen molar-refractivity contribution in [2.45, 2.75) is 13.5 Å². The van der Waals surface area contributed by atoms with E-state index in [0.29, 0.717) is 23.1 Å². The van der Waals surface area contributed by atoms with Crippen LogP contribution < -0.4 is 5.32 Å². The van der Waals surface area contributed by atoms with Crippen LogP contribution in [0.15, 0.2) is 54.2 Å². The van der Waals surface area contributed by atoms with E-state index in [9.17, 15) is 10.1 Å². The van der Waals surface area contributed by atoms with Gasteiger partial charge in [0.05, 0.1) is 10.0 Å². The topological polar surface area (TPSA) is 57.8 Å². The zero-order valence-electron chi connectivity index (χ0n) is 14.7. The molecule has 0 bridgehead atoms. The first-order valence-corrected chi connectivity index (χ1v) is 9.21. The Labute approximate surface area is 167 Å². The maximum Gasteiger partial charge on any atom is 0.261 e. The smallest absolute Gasteiger partial charge is 0.261 e. The molecule has 0 atom stereocenters. The van der Waals surface area contributed by atoms with E-state index >= 15 is 0 Å². The number of likely N-dealkylation sites (N-methyl/N-ethyl adjacent to an activating group) is 1. The molecule has 4 nitrogen and oxygen atoms in total. The highest BCUT2D eigenvalue weighted by atomic mass is 35.5. The van der Waals surface area contributed by atoms with Crippen LogP contribution in [0.3, 0.4) is 0 Å². The number of aromatic nitrogens is 1. The third-order valence-corrected chi connectivity index (χ3v) is 4.90. The Balaban J connectivity index is 2.04. The molecule has 0 unspecified atom stereocenters. The van der Waals surface area contributed by atoms with Crippen molar-refractivity contribution in [3.8, 4) is 6.07 Å². The normalized spacial score (nSPS) is 11.4. The molecular weight excluding hydrogens is 381 g/mol. The van der Waals surface area contributed by atoms with Crippen LogP contribution in [-0.4, -0.2) is 17.0 Å². The van der Waals surface area contributed by atoms with Crippen molar-refractivity contribution < 1.29 is 4.79 Å². The number of benzene rings is 2. The summed E-state index contributed by atoms with van der Waals surface area (Å²) in [6.45, 7) is 2.88. The minimum absolute atomic E-state index is 0.0780. The van der Waals surface area contributed by atoms with Crippen LogP contribution in [0.25, 0.3) is 17.0 Å². The van der Waals surface area contributed by atoms with Crippen LogP contribution in [0, 0.1) is 11.3 Å². The lowest BCUT2D eigenvalue weighted by molar-refractivity contribution is -0.116. The lowest BCUT2D eigenvalue weighted by Crippen LogP contribution is -2.23. The first-order chi connectivity index (χ1) is 13.0. The molecule has 136 valence electrons. The molecule has 1 aromatic heterocycles. The lowest BCUT2D eigenvalue weighted by atomic mass is 10.1. The van der Waals surface area contributed by atoms with Crippen molar-refractivity contribution in [2.75, 3.05) is 6.54 Å². The second kappa shape index (κ2) is 8.30. The van der Waals surface area contributed by atoms with E-state index in [2.05, 4.69) is 9.88 Å². The van der Waals surface area contributed by atoms with Crippen molar-refractivity contribution in [3.05, 3.63) is 75.4 Å². The molecule has 2 aromatic carbocycles. The van der Waals surface area contributed by atoms with E-state index in [0.717, 1.165) is 22.0 Å². The van der Waals surface area contributed by atoms with Gasteiger partial charge in [-0.05, 0) is 36.8 Å². The Morgan fingerprint density at radius 1 is 1.22 bits per heavy atom. The van der Waals surface area contributed by atoms with Gasteiger partial charge in [-0.25, -0.2) is 0 Å². The number of hydrogen-bond donors (Lipinski definition) is 1. The Hall–Kier alpha value is -2.74. The van der Waals surface area contributed by atoms with Crippen molar-refractivity contribution in [1.29, 1.82) is 5.26 Å². The summed E-state index contributed by atoms with van der Waals surface area (Å²) in [5, 5.41) is 14.0. The molecule has 0 radical (unpaired) electrons. The highest BCUT2D eigenvalue weighted by Gasteiger charge is 2.12. The van der Waals surface area contributed by atoms with Gasteiger partial charge in [0.15, 0.2) is 0 Å². The van der Waals surface area contributed by atoms with Crippen LogP contribution >= 0.6 is 23.2 Å². The summed E-state index contributed by atoms with van der Waals surface area (Å²) >= 11 is 12.1. The second-order valence-corrected chi connectivity index (χ2v) is 6.82. The van der Waals surface area contributed by atoms with Crippen LogP contribution in [0.5, 0.6) is 0 Å². The minimum atomic E-state index is -0.374. The maximum absolute atomic E-state index is 12.0. The standard InChI is InChI=1S/C21H17Cl2N3O/c1-2-25-21(27)15(11-24)10-16-13-26(20-6-4-3-5-17(16)20)12-14-7-8-18(22)19(23)9-14/h3-10,13H,2,12H2,1H3,(H,25,27)/b15-10+. The fraction of sp³-hybridized carbons (Fsp3) is 0.143. The number of halogens is 2. The summed E-state index contributed by atoms with van der Waals surface area (Å²) in [6.07, 6.45) is 3.56. The first-order valence-electron chi connectivity index (χ1n) is 8.45. The number of rotatable bonds is 5. The summed E-state index contributed by atoms with van der Waals surface area (Å²) in [4.78, 5) is 12.0. The van der Waals surface area contributed by atoms with Crippen molar-refractivity contribution in [2.24, 2.45) is 0 Å². The summed E-state index contributed by atoms with van der Waals surface area (Å²) in [5.41, 5.74) is 2.90. The highest BCUT2D eigenvalue weighted by Crippen LogP contribution is 2.27. The van der Waals surface area contributed by atoms with Crippen molar-refractivity contribution >= 4 is 46.1 Å². The maximum atomic E-state index is 12.0. The van der Waals surface area contributed by atoms with Gasteiger partial charge >= 0.3 is 0 Å². The summed E-state index contributed by atoms with van der Waals surface area (Å²) in [5.74, 6) is -0.374. The highest BCUT2D eigenvalue weighted by molar-refractivity contribution is 6.42. The number of carbonyl (C=O) groups excluding carboxylic acids is 1. The van der Waals surface area contributed by atoms with E-state index in [1.54, 1.807) is 12.1 Å². The van der Waals surface area contributed by atoms with Crippen molar-refractivity contribution in [3.63, 3.8) is 0 Å². The molecule has 1 N–H and O–H groups in total. The van der Waals surface area contributed by atoms with Crippen LogP contribution in [0.2, 0.25) is 10.0 Å². The molecule has 0 aliphatic rings. The molecule has 3 aromatic rings. The number of para-hydroxylation sites is 1. The van der Waals surface area contributed by atoms with Crippen LogP contribution in [-0.2, 0) is 11.3 Å². The third kappa shape index (κ3) is 4.16. The Morgan fingerprint density at radius 2 is 2.00 bits per heavy atom. The van der Waals surface area contributed by atoms with Crippen LogP contribution in [0.4, 0.5) is 0 Å². The van der Waals surface area contributed by atoms with Gasteiger partial charge in [-0.15, -0.1) is 0 Å². The van der Waals surface area contributed by atoms with E-state index in [1.165, 1.54) is 0 Å². The Morgan fingerprint density at radius 3 is 2.70 bits per heavy atom. The number of amides is 1. The fourth-order valence-electron chi connectivity index (χ4n) is 2.92. The summed E-state index contributed by atoms with van der Waals surface area (Å²) in [6, 6.07) is 15.4. The van der Waals surface area contributed by atoms with Gasteiger partial charge in [-0.2, -0.15) is 5.26 Å². The number of fused-ring (bicyclic) bond motifs is 1. The molecule has 0 saturated heterocycles. The molecule has 3 rings (SSSR count). The van der Waals surface area contributed by atoms with Gasteiger partial charge in [-0.1, -0.05) is 47.5 Å². The average Bonchev–Trinajstić information content (AvgIpc) is 3.00. The van der Waals surface area contributed by atoms with Gasteiger partial charge in [0, 0.05) is 35.8 Å². The molecule has 0 saturated carbocycles. The number of hydrogen-bond acceptors (Lipinski definition) is 2. The van der Waals surface area contributed by atoms with Crippen molar-refractivity contribution in [1.82, 2.24) is 9.88 Å². The number of nitrogens with zero attached hydrogens (tertiary/aromatic N) is 2. The number of nitrogens with one attached hydrogen (secondary N) is 1. The summed E-state index contributed by atoms with van der Waals surface area (Å²) < 4.78 is 2.06. The molecule has 0 spiro atoms. The van der Waals surface area contributed by atoms with Gasteiger partial charge in [0.2, 0.25) is 0 Å². The lowest BCUT2D eigenvalue weighted by Gasteiger charge is -2.06.